The highest BCUT2D eigenvalue weighted by atomic mass is 35.5. The van der Waals surface area contributed by atoms with Crippen LogP contribution in [0.3, 0.4) is 0 Å². The third kappa shape index (κ3) is 3.85. The number of hydrogen-bond acceptors (Lipinski definition) is 3. The molecule has 126 valence electrons. The second kappa shape index (κ2) is 7.32. The molecule has 5 nitrogen and oxygen atoms in total. The van der Waals surface area contributed by atoms with E-state index in [2.05, 4.69) is 5.32 Å². The third-order valence-electron chi connectivity index (χ3n) is 5.17. The van der Waals surface area contributed by atoms with E-state index in [1.165, 1.54) is 12.8 Å². The Balaban J connectivity index is 0.00000192. The van der Waals surface area contributed by atoms with Gasteiger partial charge in [-0.2, -0.15) is 0 Å². The van der Waals surface area contributed by atoms with Gasteiger partial charge in [0.05, 0.1) is 0 Å². The number of benzene rings is 1. The lowest BCUT2D eigenvalue weighted by atomic mass is 9.71. The van der Waals surface area contributed by atoms with Gasteiger partial charge in [-0.1, -0.05) is 6.07 Å². The molecule has 2 aliphatic heterocycles. The van der Waals surface area contributed by atoms with Crippen molar-refractivity contribution >= 4 is 24.2 Å². The molecule has 1 aromatic carbocycles. The molecule has 0 bridgehead atoms. The second-order valence-corrected chi connectivity index (χ2v) is 6.49. The van der Waals surface area contributed by atoms with Crippen molar-refractivity contribution in [3.63, 3.8) is 0 Å². The van der Waals surface area contributed by atoms with Crippen LogP contribution in [0.15, 0.2) is 24.3 Å². The summed E-state index contributed by atoms with van der Waals surface area (Å²) in [7, 11) is 0. The van der Waals surface area contributed by atoms with Crippen molar-refractivity contribution in [3.05, 3.63) is 35.4 Å². The van der Waals surface area contributed by atoms with E-state index in [1.54, 1.807) is 24.3 Å². The molecule has 1 spiro atoms. The smallest absolute Gasteiger partial charge is 0.253 e. The van der Waals surface area contributed by atoms with Gasteiger partial charge in [-0.05, 0) is 62.4 Å². The molecular weight excluding hydrogens is 314 g/mol. The van der Waals surface area contributed by atoms with Crippen LogP contribution in [0.25, 0.3) is 0 Å². The topological polar surface area (TPSA) is 75.4 Å². The summed E-state index contributed by atoms with van der Waals surface area (Å²) >= 11 is 0. The fraction of sp³-hybridized carbons (Fsp3) is 0.529. The standard InChI is InChI=1S/C17H23N3O2.ClH/c18-15(21)13-2-1-3-14(12-13)16(22)20-10-6-17(7-11-20)4-8-19-9-5-17;/h1-3,12,19H,4-11H2,(H2,18,21);1H. The Kier molecular flexibility index (Phi) is 5.65. The molecule has 2 amide bonds. The summed E-state index contributed by atoms with van der Waals surface area (Å²) < 4.78 is 0. The maximum atomic E-state index is 12.6. The van der Waals surface area contributed by atoms with E-state index < -0.39 is 5.91 Å². The molecular formula is C17H24ClN3O2. The summed E-state index contributed by atoms with van der Waals surface area (Å²) in [5, 5.41) is 3.41. The number of halogens is 1. The Hall–Kier alpha value is -1.59. The third-order valence-corrected chi connectivity index (χ3v) is 5.17. The van der Waals surface area contributed by atoms with Gasteiger partial charge in [-0.15, -0.1) is 12.4 Å². The number of hydrogen-bond donors (Lipinski definition) is 2. The number of likely N-dealkylation sites (tertiary alicyclic amines) is 1. The summed E-state index contributed by atoms with van der Waals surface area (Å²) in [4.78, 5) is 25.8. The van der Waals surface area contributed by atoms with Crippen molar-refractivity contribution in [2.24, 2.45) is 11.1 Å². The first-order chi connectivity index (χ1) is 10.6. The van der Waals surface area contributed by atoms with Gasteiger partial charge in [0.15, 0.2) is 0 Å². The number of primary amides is 1. The molecule has 6 heteroatoms. The minimum Gasteiger partial charge on any atom is -0.366 e. The summed E-state index contributed by atoms with van der Waals surface area (Å²) in [6.45, 7) is 3.79. The number of nitrogens with two attached hydrogens (primary N) is 1. The molecule has 3 N–H and O–H groups in total. The van der Waals surface area contributed by atoms with E-state index >= 15 is 0 Å². The van der Waals surface area contributed by atoms with Crippen LogP contribution in [-0.2, 0) is 0 Å². The number of amides is 2. The summed E-state index contributed by atoms with van der Waals surface area (Å²) in [6.07, 6.45) is 4.59. The first-order valence-corrected chi connectivity index (χ1v) is 8.00. The van der Waals surface area contributed by atoms with Gasteiger partial charge in [0.1, 0.15) is 0 Å². The maximum Gasteiger partial charge on any atom is 0.253 e. The molecule has 1 aromatic rings. The molecule has 2 aliphatic rings. The first kappa shape index (κ1) is 17.8. The van der Waals surface area contributed by atoms with Gasteiger partial charge in [0, 0.05) is 24.2 Å². The molecule has 0 aromatic heterocycles. The fourth-order valence-electron chi connectivity index (χ4n) is 3.63. The summed E-state index contributed by atoms with van der Waals surface area (Å²) in [6, 6.07) is 6.70. The Bertz CT molecular complexity index is 575. The molecule has 2 heterocycles. The van der Waals surface area contributed by atoms with Crippen molar-refractivity contribution in [2.75, 3.05) is 26.2 Å². The quantitative estimate of drug-likeness (QED) is 0.864. The molecule has 2 saturated heterocycles. The van der Waals surface area contributed by atoms with Crippen LogP contribution in [0.4, 0.5) is 0 Å². The predicted molar refractivity (Wildman–Crippen MR) is 91.9 cm³/mol. The van der Waals surface area contributed by atoms with Gasteiger partial charge < -0.3 is 16.0 Å². The van der Waals surface area contributed by atoms with Crippen LogP contribution in [0.2, 0.25) is 0 Å². The van der Waals surface area contributed by atoms with Crippen molar-refractivity contribution in [2.45, 2.75) is 25.7 Å². The van der Waals surface area contributed by atoms with Crippen LogP contribution in [-0.4, -0.2) is 42.9 Å². The minimum absolute atomic E-state index is 0. The zero-order valence-corrected chi connectivity index (χ0v) is 14.0. The van der Waals surface area contributed by atoms with Crippen LogP contribution in [0.1, 0.15) is 46.4 Å². The molecule has 3 rings (SSSR count). The highest BCUT2D eigenvalue weighted by Crippen LogP contribution is 2.39. The average molecular weight is 338 g/mol. The highest BCUT2D eigenvalue weighted by Gasteiger charge is 2.36. The van der Waals surface area contributed by atoms with Crippen LogP contribution >= 0.6 is 12.4 Å². The summed E-state index contributed by atoms with van der Waals surface area (Å²) in [5.41, 5.74) is 6.65. The molecule has 2 fully saturated rings. The van der Waals surface area contributed by atoms with Crippen molar-refractivity contribution < 1.29 is 9.59 Å². The minimum atomic E-state index is -0.498. The van der Waals surface area contributed by atoms with Gasteiger partial charge in [0.2, 0.25) is 5.91 Å². The van der Waals surface area contributed by atoms with Crippen LogP contribution in [0, 0.1) is 5.41 Å². The Labute approximate surface area is 143 Å². The number of carbonyl (C=O) groups is 2. The average Bonchev–Trinajstić information content (AvgIpc) is 2.56. The SMILES string of the molecule is Cl.NC(=O)c1cccc(C(=O)N2CCC3(CCNCC3)CC2)c1. The van der Waals surface area contributed by atoms with E-state index in [0.717, 1.165) is 39.0 Å². The lowest BCUT2D eigenvalue weighted by Gasteiger charge is -2.44. The van der Waals surface area contributed by atoms with Gasteiger partial charge >= 0.3 is 0 Å². The number of nitrogens with zero attached hydrogens (tertiary/aromatic N) is 1. The van der Waals surface area contributed by atoms with E-state index in [0.29, 0.717) is 16.5 Å². The lowest BCUT2D eigenvalue weighted by molar-refractivity contribution is 0.0495. The molecule has 23 heavy (non-hydrogen) atoms. The van der Waals surface area contributed by atoms with Gasteiger partial charge in [0.25, 0.3) is 5.91 Å². The maximum absolute atomic E-state index is 12.6. The van der Waals surface area contributed by atoms with Crippen molar-refractivity contribution in [1.29, 1.82) is 0 Å². The van der Waals surface area contributed by atoms with Crippen LogP contribution in [0.5, 0.6) is 0 Å². The molecule has 0 aliphatic carbocycles. The molecule has 0 saturated carbocycles. The van der Waals surface area contributed by atoms with Crippen molar-refractivity contribution in [1.82, 2.24) is 10.2 Å². The normalized spacial score (nSPS) is 19.9. The van der Waals surface area contributed by atoms with Crippen LogP contribution < -0.4 is 11.1 Å². The van der Waals surface area contributed by atoms with Gasteiger partial charge in [-0.3, -0.25) is 9.59 Å². The largest absolute Gasteiger partial charge is 0.366 e. The number of carbonyl (C=O) groups excluding carboxylic acids is 2. The molecule has 0 radical (unpaired) electrons. The van der Waals surface area contributed by atoms with E-state index in [4.69, 9.17) is 5.73 Å². The van der Waals surface area contributed by atoms with Gasteiger partial charge in [-0.25, -0.2) is 0 Å². The van der Waals surface area contributed by atoms with E-state index in [9.17, 15) is 9.59 Å². The fourth-order valence-corrected chi connectivity index (χ4v) is 3.63. The molecule has 0 atom stereocenters. The monoisotopic (exact) mass is 337 g/mol. The Morgan fingerprint density at radius 3 is 2.26 bits per heavy atom. The predicted octanol–water partition coefficient (Wildman–Crippen LogP) is 1.81. The Morgan fingerprint density at radius 1 is 1.04 bits per heavy atom. The zero-order chi connectivity index (χ0) is 15.6. The Morgan fingerprint density at radius 2 is 1.65 bits per heavy atom. The van der Waals surface area contributed by atoms with E-state index in [1.807, 2.05) is 4.90 Å². The number of nitrogens with one attached hydrogen (secondary N) is 1. The second-order valence-electron chi connectivity index (χ2n) is 6.49. The van der Waals surface area contributed by atoms with Crippen molar-refractivity contribution in [3.8, 4) is 0 Å². The zero-order valence-electron chi connectivity index (χ0n) is 13.2. The number of rotatable bonds is 2. The molecule has 0 unspecified atom stereocenters. The lowest BCUT2D eigenvalue weighted by Crippen LogP contribution is -2.47. The van der Waals surface area contributed by atoms with E-state index in [-0.39, 0.29) is 18.3 Å². The summed E-state index contributed by atoms with van der Waals surface area (Å²) in [5.74, 6) is -0.492. The highest BCUT2D eigenvalue weighted by molar-refractivity contribution is 5.99. The number of piperidine rings is 2. The first-order valence-electron chi connectivity index (χ1n) is 8.00.